The number of aromatic amines is 1. The SMILES string of the molecule is COc1ccc(-c2n[nH]c(=S)n2CC(=O)NCc2ccc(S(N)(=O)=O)cc2)cc1. The van der Waals surface area contributed by atoms with Crippen LogP contribution in [0.4, 0.5) is 0 Å². The Morgan fingerprint density at radius 3 is 2.45 bits per heavy atom. The number of amides is 1. The minimum Gasteiger partial charge on any atom is -0.497 e. The average Bonchev–Trinajstić information content (AvgIpc) is 3.06. The summed E-state index contributed by atoms with van der Waals surface area (Å²) in [5.41, 5.74) is 1.52. The molecule has 0 saturated heterocycles. The number of nitrogens with one attached hydrogen (secondary N) is 2. The lowest BCUT2D eigenvalue weighted by Gasteiger charge is -2.09. The van der Waals surface area contributed by atoms with E-state index < -0.39 is 10.0 Å². The summed E-state index contributed by atoms with van der Waals surface area (Å²) in [7, 11) is -2.16. The van der Waals surface area contributed by atoms with Gasteiger partial charge in [-0.25, -0.2) is 13.6 Å². The molecule has 4 N–H and O–H groups in total. The molecule has 152 valence electrons. The molecule has 1 aromatic heterocycles. The van der Waals surface area contributed by atoms with Crippen LogP contribution in [0, 0.1) is 4.77 Å². The maximum absolute atomic E-state index is 12.4. The Labute approximate surface area is 172 Å². The fourth-order valence-electron chi connectivity index (χ4n) is 2.62. The van der Waals surface area contributed by atoms with Crippen molar-refractivity contribution < 1.29 is 17.9 Å². The lowest BCUT2D eigenvalue weighted by molar-refractivity contribution is -0.121. The third-order valence-corrected chi connectivity index (χ3v) is 5.39. The number of nitrogens with zero attached hydrogens (tertiary/aromatic N) is 2. The first kappa shape index (κ1) is 20.7. The van der Waals surface area contributed by atoms with Gasteiger partial charge in [-0.05, 0) is 54.2 Å². The minimum atomic E-state index is -3.75. The first-order chi connectivity index (χ1) is 13.8. The quantitative estimate of drug-likeness (QED) is 0.485. The van der Waals surface area contributed by atoms with Crippen molar-refractivity contribution in [3.8, 4) is 17.1 Å². The number of carbonyl (C=O) groups excluding carboxylic acids is 1. The Hall–Kier alpha value is -3.02. The van der Waals surface area contributed by atoms with Crippen LogP contribution in [-0.4, -0.2) is 36.2 Å². The van der Waals surface area contributed by atoms with Gasteiger partial charge in [0, 0.05) is 12.1 Å². The first-order valence-corrected chi connectivity index (χ1v) is 10.4. The molecule has 1 amide bonds. The van der Waals surface area contributed by atoms with Gasteiger partial charge in [-0.1, -0.05) is 12.1 Å². The highest BCUT2D eigenvalue weighted by Gasteiger charge is 2.13. The van der Waals surface area contributed by atoms with Gasteiger partial charge in [0.1, 0.15) is 12.3 Å². The smallest absolute Gasteiger partial charge is 0.240 e. The minimum absolute atomic E-state index is 0.0152. The van der Waals surface area contributed by atoms with Crippen molar-refractivity contribution >= 4 is 28.1 Å². The largest absolute Gasteiger partial charge is 0.497 e. The van der Waals surface area contributed by atoms with Gasteiger partial charge in [0.05, 0.1) is 12.0 Å². The second kappa shape index (κ2) is 8.55. The number of carbonyl (C=O) groups is 1. The van der Waals surface area contributed by atoms with E-state index in [1.807, 2.05) is 12.1 Å². The molecule has 3 rings (SSSR count). The number of rotatable bonds is 7. The zero-order chi connectivity index (χ0) is 21.0. The summed E-state index contributed by atoms with van der Waals surface area (Å²) < 4.78 is 29.6. The number of primary sulfonamides is 1. The molecular weight excluding hydrogens is 414 g/mol. The van der Waals surface area contributed by atoms with Crippen LogP contribution in [0.3, 0.4) is 0 Å². The van der Waals surface area contributed by atoms with Crippen molar-refractivity contribution in [3.05, 3.63) is 58.9 Å². The van der Waals surface area contributed by atoms with Gasteiger partial charge in [0.15, 0.2) is 10.6 Å². The van der Waals surface area contributed by atoms with E-state index in [-0.39, 0.29) is 23.9 Å². The van der Waals surface area contributed by atoms with E-state index in [1.165, 1.54) is 12.1 Å². The molecule has 0 aliphatic carbocycles. The van der Waals surface area contributed by atoms with Gasteiger partial charge in [-0.2, -0.15) is 5.10 Å². The molecule has 0 spiro atoms. The topological polar surface area (TPSA) is 132 Å². The molecule has 2 aromatic carbocycles. The maximum atomic E-state index is 12.4. The Balaban J connectivity index is 1.68. The number of hydrogen-bond donors (Lipinski definition) is 3. The lowest BCUT2D eigenvalue weighted by Crippen LogP contribution is -2.27. The highest BCUT2D eigenvalue weighted by Crippen LogP contribution is 2.20. The number of hydrogen-bond acceptors (Lipinski definition) is 6. The molecule has 0 unspecified atom stereocenters. The van der Waals surface area contributed by atoms with Gasteiger partial charge >= 0.3 is 0 Å². The second-order valence-electron chi connectivity index (χ2n) is 6.13. The summed E-state index contributed by atoms with van der Waals surface area (Å²) in [4.78, 5) is 12.4. The molecule has 1 heterocycles. The van der Waals surface area contributed by atoms with Gasteiger partial charge in [-0.15, -0.1) is 0 Å². The van der Waals surface area contributed by atoms with Gasteiger partial charge < -0.3 is 10.1 Å². The molecule has 0 aliphatic rings. The third-order valence-electron chi connectivity index (χ3n) is 4.15. The monoisotopic (exact) mass is 433 g/mol. The summed E-state index contributed by atoms with van der Waals surface area (Å²) in [6, 6.07) is 13.2. The number of methoxy groups -OCH3 is 1. The summed E-state index contributed by atoms with van der Waals surface area (Å²) >= 11 is 5.24. The molecule has 29 heavy (non-hydrogen) atoms. The normalized spacial score (nSPS) is 11.2. The van der Waals surface area contributed by atoms with E-state index in [0.717, 1.165) is 11.1 Å². The Morgan fingerprint density at radius 2 is 1.86 bits per heavy atom. The molecule has 0 bridgehead atoms. The zero-order valence-electron chi connectivity index (χ0n) is 15.5. The van der Waals surface area contributed by atoms with Crippen LogP contribution in [-0.2, 0) is 27.9 Å². The second-order valence-corrected chi connectivity index (χ2v) is 8.08. The van der Waals surface area contributed by atoms with Gasteiger partial charge in [-0.3, -0.25) is 14.5 Å². The standard InChI is InChI=1S/C18H19N5O4S2/c1-27-14-6-4-13(5-7-14)17-21-22-18(28)23(17)11-16(24)20-10-12-2-8-15(9-3-12)29(19,25)26/h2-9H,10-11H2,1H3,(H,20,24)(H,22,28)(H2,19,25,26). The maximum Gasteiger partial charge on any atom is 0.240 e. The van der Waals surface area contributed by atoms with Crippen molar-refractivity contribution in [2.75, 3.05) is 7.11 Å². The van der Waals surface area contributed by atoms with E-state index in [0.29, 0.717) is 16.3 Å². The zero-order valence-corrected chi connectivity index (χ0v) is 17.1. The summed E-state index contributed by atoms with van der Waals surface area (Å²) in [5.74, 6) is 0.971. The van der Waals surface area contributed by atoms with E-state index in [4.69, 9.17) is 22.1 Å². The Kier molecular flexibility index (Phi) is 6.11. The van der Waals surface area contributed by atoms with Crippen LogP contribution in [0.2, 0.25) is 0 Å². The highest BCUT2D eigenvalue weighted by molar-refractivity contribution is 7.89. The van der Waals surface area contributed by atoms with Gasteiger partial charge in [0.2, 0.25) is 15.9 Å². The third kappa shape index (κ3) is 5.08. The first-order valence-electron chi connectivity index (χ1n) is 8.46. The van der Waals surface area contributed by atoms with Crippen LogP contribution in [0.1, 0.15) is 5.56 Å². The number of nitrogens with two attached hydrogens (primary N) is 1. The fraction of sp³-hybridized carbons (Fsp3) is 0.167. The fourth-order valence-corrected chi connectivity index (χ4v) is 3.33. The Bertz CT molecular complexity index is 1170. The molecule has 0 radical (unpaired) electrons. The van der Waals surface area contributed by atoms with Crippen LogP contribution in [0.15, 0.2) is 53.4 Å². The molecule has 0 fully saturated rings. The molecule has 11 heteroatoms. The van der Waals surface area contributed by atoms with E-state index >= 15 is 0 Å². The van der Waals surface area contributed by atoms with Crippen molar-refractivity contribution in [1.29, 1.82) is 0 Å². The van der Waals surface area contributed by atoms with Crippen molar-refractivity contribution in [3.63, 3.8) is 0 Å². The average molecular weight is 434 g/mol. The summed E-state index contributed by atoms with van der Waals surface area (Å²) in [5, 5.41) is 14.7. The van der Waals surface area contributed by atoms with Crippen molar-refractivity contribution in [2.45, 2.75) is 18.0 Å². The predicted molar refractivity (Wildman–Crippen MR) is 109 cm³/mol. The summed E-state index contributed by atoms with van der Waals surface area (Å²) in [6.07, 6.45) is 0. The van der Waals surface area contributed by atoms with Crippen LogP contribution in [0.5, 0.6) is 5.75 Å². The number of benzene rings is 2. The number of H-pyrrole nitrogens is 1. The van der Waals surface area contributed by atoms with Crippen molar-refractivity contribution in [2.24, 2.45) is 5.14 Å². The molecular formula is C18H19N5O4S2. The molecule has 9 nitrogen and oxygen atoms in total. The van der Waals surface area contributed by atoms with Gasteiger partial charge in [0.25, 0.3) is 0 Å². The number of ether oxygens (including phenoxy) is 1. The van der Waals surface area contributed by atoms with E-state index in [9.17, 15) is 13.2 Å². The molecule has 0 saturated carbocycles. The lowest BCUT2D eigenvalue weighted by atomic mass is 10.2. The van der Waals surface area contributed by atoms with E-state index in [2.05, 4.69) is 15.5 Å². The molecule has 0 aliphatic heterocycles. The number of sulfonamides is 1. The Morgan fingerprint density at radius 1 is 1.21 bits per heavy atom. The van der Waals surface area contributed by atoms with Crippen molar-refractivity contribution in [1.82, 2.24) is 20.1 Å². The predicted octanol–water partition coefficient (Wildman–Crippen LogP) is 1.58. The number of aromatic nitrogens is 3. The van der Waals surface area contributed by atoms with E-state index in [1.54, 1.807) is 35.9 Å². The van der Waals surface area contributed by atoms with Crippen LogP contribution in [0.25, 0.3) is 11.4 Å². The highest BCUT2D eigenvalue weighted by atomic mass is 32.2. The summed E-state index contributed by atoms with van der Waals surface area (Å²) in [6.45, 7) is 0.207. The molecule has 0 atom stereocenters. The molecule has 3 aromatic rings. The van der Waals surface area contributed by atoms with Crippen LogP contribution < -0.4 is 15.2 Å². The van der Waals surface area contributed by atoms with Crippen LogP contribution >= 0.6 is 12.2 Å².